The number of hydrogen-bond acceptors (Lipinski definition) is 6. The fourth-order valence-corrected chi connectivity index (χ4v) is 1.87. The number of methoxy groups -OCH3 is 1. The summed E-state index contributed by atoms with van der Waals surface area (Å²) in [4.78, 5) is 35.0. The maximum Gasteiger partial charge on any atom is 0.364 e. The molecule has 0 aliphatic heterocycles. The molecular weight excluding hydrogens is 300 g/mol. The molecule has 23 heavy (non-hydrogen) atoms. The zero-order valence-corrected chi connectivity index (χ0v) is 12.8. The first-order valence-corrected chi connectivity index (χ1v) is 7.04. The SMILES string of the molecule is CCCn1nc(C(=O)Oc2ccc(C(=O)OC)cc2)ccc1=O. The third-order valence-electron chi connectivity index (χ3n) is 3.00. The van der Waals surface area contributed by atoms with Crippen LogP contribution in [0.5, 0.6) is 5.75 Å². The summed E-state index contributed by atoms with van der Waals surface area (Å²) in [6.45, 7) is 2.33. The van der Waals surface area contributed by atoms with Crippen molar-refractivity contribution in [3.05, 3.63) is 58.0 Å². The van der Waals surface area contributed by atoms with Gasteiger partial charge in [-0.1, -0.05) is 6.92 Å². The minimum Gasteiger partial charge on any atom is -0.465 e. The Morgan fingerprint density at radius 2 is 1.78 bits per heavy atom. The molecule has 1 aromatic carbocycles. The average molecular weight is 316 g/mol. The Hall–Kier alpha value is -2.96. The van der Waals surface area contributed by atoms with Gasteiger partial charge in [0, 0.05) is 12.6 Å². The van der Waals surface area contributed by atoms with Crippen molar-refractivity contribution in [2.24, 2.45) is 0 Å². The fourth-order valence-electron chi connectivity index (χ4n) is 1.87. The number of ether oxygens (including phenoxy) is 2. The molecule has 0 saturated heterocycles. The first-order valence-electron chi connectivity index (χ1n) is 7.04. The minimum absolute atomic E-state index is 0.0371. The normalized spacial score (nSPS) is 10.2. The number of aromatic nitrogens is 2. The summed E-state index contributed by atoms with van der Waals surface area (Å²) in [6, 6.07) is 8.53. The Bertz CT molecular complexity index is 765. The molecular formula is C16H16N2O5. The van der Waals surface area contributed by atoms with E-state index in [-0.39, 0.29) is 17.0 Å². The van der Waals surface area contributed by atoms with E-state index in [0.717, 1.165) is 6.42 Å². The lowest BCUT2D eigenvalue weighted by Gasteiger charge is -2.07. The predicted molar refractivity (Wildman–Crippen MR) is 81.5 cm³/mol. The van der Waals surface area contributed by atoms with E-state index in [1.165, 1.54) is 48.2 Å². The van der Waals surface area contributed by atoms with Crippen molar-refractivity contribution in [2.45, 2.75) is 19.9 Å². The molecule has 1 aromatic heterocycles. The van der Waals surface area contributed by atoms with Crippen LogP contribution in [0.25, 0.3) is 0 Å². The van der Waals surface area contributed by atoms with Crippen LogP contribution in [-0.4, -0.2) is 28.8 Å². The van der Waals surface area contributed by atoms with Crippen LogP contribution in [0.1, 0.15) is 34.2 Å². The monoisotopic (exact) mass is 316 g/mol. The highest BCUT2D eigenvalue weighted by molar-refractivity contribution is 5.90. The number of rotatable bonds is 5. The van der Waals surface area contributed by atoms with Crippen molar-refractivity contribution in [1.29, 1.82) is 0 Å². The topological polar surface area (TPSA) is 87.5 Å². The Morgan fingerprint density at radius 3 is 2.39 bits per heavy atom. The molecule has 0 aliphatic rings. The van der Waals surface area contributed by atoms with Gasteiger partial charge in [-0.3, -0.25) is 4.79 Å². The molecule has 0 radical (unpaired) electrons. The minimum atomic E-state index is -0.680. The smallest absolute Gasteiger partial charge is 0.364 e. The average Bonchev–Trinajstić information content (AvgIpc) is 2.57. The van der Waals surface area contributed by atoms with Gasteiger partial charge in [0.15, 0.2) is 5.69 Å². The molecule has 0 atom stereocenters. The molecule has 7 heteroatoms. The van der Waals surface area contributed by atoms with Gasteiger partial charge in [0.25, 0.3) is 5.56 Å². The number of carbonyl (C=O) groups is 2. The fraction of sp³-hybridized carbons (Fsp3) is 0.250. The quantitative estimate of drug-likeness (QED) is 0.616. The van der Waals surface area contributed by atoms with Crippen LogP contribution in [0, 0.1) is 0 Å². The lowest BCUT2D eigenvalue weighted by atomic mass is 10.2. The van der Waals surface area contributed by atoms with E-state index in [2.05, 4.69) is 9.84 Å². The second-order valence-corrected chi connectivity index (χ2v) is 4.69. The standard InChI is InChI=1S/C16H16N2O5/c1-3-10-18-14(19)9-8-13(17-18)16(21)23-12-6-4-11(5-7-12)15(20)22-2/h4-9H,3,10H2,1-2H3. The highest BCUT2D eigenvalue weighted by atomic mass is 16.5. The summed E-state index contributed by atoms with van der Waals surface area (Å²) < 4.78 is 11.0. The summed E-state index contributed by atoms with van der Waals surface area (Å²) in [5.41, 5.74) is 0.114. The predicted octanol–water partition coefficient (Wildman–Crippen LogP) is 1.66. The number of carbonyl (C=O) groups excluding carboxylic acids is 2. The van der Waals surface area contributed by atoms with Crippen LogP contribution in [0.4, 0.5) is 0 Å². The Balaban J connectivity index is 2.14. The lowest BCUT2D eigenvalue weighted by molar-refractivity contribution is 0.0600. The van der Waals surface area contributed by atoms with Gasteiger partial charge < -0.3 is 9.47 Å². The Morgan fingerprint density at radius 1 is 1.09 bits per heavy atom. The van der Waals surface area contributed by atoms with Crippen LogP contribution in [0.15, 0.2) is 41.2 Å². The van der Waals surface area contributed by atoms with Gasteiger partial charge in [-0.15, -0.1) is 0 Å². The highest BCUT2D eigenvalue weighted by Gasteiger charge is 2.13. The highest BCUT2D eigenvalue weighted by Crippen LogP contribution is 2.14. The summed E-state index contributed by atoms with van der Waals surface area (Å²) >= 11 is 0. The second-order valence-electron chi connectivity index (χ2n) is 4.69. The Labute approximate surface area is 132 Å². The van der Waals surface area contributed by atoms with E-state index in [0.29, 0.717) is 12.1 Å². The molecule has 0 amide bonds. The lowest BCUT2D eigenvalue weighted by Crippen LogP contribution is -2.25. The van der Waals surface area contributed by atoms with Crippen molar-refractivity contribution < 1.29 is 19.1 Å². The maximum absolute atomic E-state index is 12.1. The van der Waals surface area contributed by atoms with Gasteiger partial charge in [-0.2, -0.15) is 5.10 Å². The van der Waals surface area contributed by atoms with E-state index in [1.807, 2.05) is 6.92 Å². The molecule has 0 spiro atoms. The zero-order chi connectivity index (χ0) is 16.8. The Kier molecular flexibility index (Phi) is 5.24. The summed E-state index contributed by atoms with van der Waals surface area (Å²) in [7, 11) is 1.28. The van der Waals surface area contributed by atoms with Gasteiger partial charge in [0.05, 0.1) is 12.7 Å². The van der Waals surface area contributed by atoms with Crippen molar-refractivity contribution in [3.8, 4) is 5.75 Å². The number of esters is 2. The van der Waals surface area contributed by atoms with E-state index >= 15 is 0 Å². The van der Waals surface area contributed by atoms with Gasteiger partial charge in [-0.05, 0) is 36.8 Å². The van der Waals surface area contributed by atoms with Gasteiger partial charge in [0.1, 0.15) is 5.75 Å². The number of benzene rings is 1. The van der Waals surface area contributed by atoms with Crippen molar-refractivity contribution in [2.75, 3.05) is 7.11 Å². The van der Waals surface area contributed by atoms with E-state index in [4.69, 9.17) is 4.74 Å². The van der Waals surface area contributed by atoms with Gasteiger partial charge in [0.2, 0.25) is 0 Å². The molecule has 2 aromatic rings. The maximum atomic E-state index is 12.1. The summed E-state index contributed by atoms with van der Waals surface area (Å²) in [5.74, 6) is -0.894. The van der Waals surface area contributed by atoms with Crippen LogP contribution in [0.3, 0.4) is 0 Å². The molecule has 0 saturated carbocycles. The molecule has 0 bridgehead atoms. The first-order chi connectivity index (χ1) is 11.0. The van der Waals surface area contributed by atoms with E-state index in [1.54, 1.807) is 0 Å². The van der Waals surface area contributed by atoms with Crippen molar-refractivity contribution in [1.82, 2.24) is 9.78 Å². The second kappa shape index (κ2) is 7.35. The molecule has 0 fully saturated rings. The van der Waals surface area contributed by atoms with E-state index < -0.39 is 11.9 Å². The molecule has 1 heterocycles. The first kappa shape index (κ1) is 16.4. The molecule has 120 valence electrons. The summed E-state index contributed by atoms with van der Waals surface area (Å²) in [5, 5.41) is 3.97. The molecule has 0 N–H and O–H groups in total. The summed E-state index contributed by atoms with van der Waals surface area (Å²) in [6.07, 6.45) is 0.723. The van der Waals surface area contributed by atoms with Crippen molar-refractivity contribution in [3.63, 3.8) is 0 Å². The third-order valence-corrected chi connectivity index (χ3v) is 3.00. The van der Waals surface area contributed by atoms with Gasteiger partial charge >= 0.3 is 11.9 Å². The number of hydrogen-bond donors (Lipinski definition) is 0. The zero-order valence-electron chi connectivity index (χ0n) is 12.8. The van der Waals surface area contributed by atoms with Crippen LogP contribution in [0.2, 0.25) is 0 Å². The van der Waals surface area contributed by atoms with Gasteiger partial charge in [-0.25, -0.2) is 14.3 Å². The van der Waals surface area contributed by atoms with Crippen LogP contribution >= 0.6 is 0 Å². The largest absolute Gasteiger partial charge is 0.465 e. The van der Waals surface area contributed by atoms with E-state index in [9.17, 15) is 14.4 Å². The van der Waals surface area contributed by atoms with Crippen LogP contribution < -0.4 is 10.3 Å². The molecule has 0 aliphatic carbocycles. The number of aryl methyl sites for hydroxylation is 1. The third kappa shape index (κ3) is 4.03. The molecule has 7 nitrogen and oxygen atoms in total. The number of nitrogens with zero attached hydrogens (tertiary/aromatic N) is 2. The van der Waals surface area contributed by atoms with Crippen LogP contribution in [-0.2, 0) is 11.3 Å². The van der Waals surface area contributed by atoms with Crippen molar-refractivity contribution >= 4 is 11.9 Å². The molecule has 2 rings (SSSR count). The molecule has 0 unspecified atom stereocenters.